The first-order valence-corrected chi connectivity index (χ1v) is 11.7. The minimum absolute atomic E-state index is 0. The van der Waals surface area contributed by atoms with Crippen molar-refractivity contribution in [2.75, 3.05) is 45.3 Å². The molecule has 190 valence electrons. The molecule has 0 spiro atoms. The predicted octanol–water partition coefficient (Wildman–Crippen LogP) is 3.67. The van der Waals surface area contributed by atoms with Gasteiger partial charge in [-0.2, -0.15) is 5.10 Å². The number of rotatable bonds is 8. The van der Waals surface area contributed by atoms with Crippen LogP contribution in [0.4, 0.5) is 11.4 Å². The maximum absolute atomic E-state index is 9.97. The monoisotopic (exact) mass is 510 g/mol. The quantitative estimate of drug-likeness (QED) is 0.384. The van der Waals surface area contributed by atoms with Crippen LogP contribution in [0.2, 0.25) is 0 Å². The molecule has 0 bridgehead atoms. The number of nitrogens with zero attached hydrogens (tertiary/aromatic N) is 6. The van der Waals surface area contributed by atoms with E-state index in [1.165, 1.54) is 0 Å². The minimum Gasteiger partial charge on any atom is -0.497 e. The summed E-state index contributed by atoms with van der Waals surface area (Å²) in [5.74, 6) is 1.45. The van der Waals surface area contributed by atoms with E-state index in [-0.39, 0.29) is 18.5 Å². The van der Waals surface area contributed by atoms with Crippen LogP contribution in [0.25, 0.3) is 22.3 Å². The number of aliphatic hydroxyl groups excluding tert-OH is 1. The summed E-state index contributed by atoms with van der Waals surface area (Å²) in [4.78, 5) is 14.0. The van der Waals surface area contributed by atoms with Crippen molar-refractivity contribution in [2.45, 2.75) is 12.5 Å². The van der Waals surface area contributed by atoms with Crippen molar-refractivity contribution in [3.05, 3.63) is 55.0 Å². The smallest absolute Gasteiger partial charge is 0.124 e. The first-order chi connectivity index (χ1) is 17.0. The van der Waals surface area contributed by atoms with Crippen LogP contribution in [0, 0.1) is 0 Å². The Kier molecular flexibility index (Phi) is 7.93. The molecule has 1 N–H and O–H groups in total. The van der Waals surface area contributed by atoms with Crippen LogP contribution < -0.4 is 14.4 Å². The van der Waals surface area contributed by atoms with Gasteiger partial charge >= 0.3 is 0 Å². The van der Waals surface area contributed by atoms with Gasteiger partial charge < -0.3 is 19.5 Å². The van der Waals surface area contributed by atoms with Crippen LogP contribution in [-0.2, 0) is 7.05 Å². The molecule has 0 radical (unpaired) electrons. The fourth-order valence-corrected chi connectivity index (χ4v) is 4.47. The van der Waals surface area contributed by atoms with E-state index >= 15 is 0 Å². The number of fused-ring (bicyclic) bond motifs is 1. The second-order valence-corrected chi connectivity index (χ2v) is 8.80. The Morgan fingerprint density at radius 3 is 2.44 bits per heavy atom. The number of β-amino-alcohol motifs (C(OH)–C–C–N with tert-alkyl or cyclic N) is 1. The molecule has 1 aliphatic heterocycles. The fraction of sp³-hybridized carbons (Fsp3) is 0.346. The van der Waals surface area contributed by atoms with Gasteiger partial charge in [-0.25, -0.2) is 4.98 Å². The van der Waals surface area contributed by atoms with Crippen molar-refractivity contribution in [2.24, 2.45) is 7.05 Å². The predicted molar refractivity (Wildman–Crippen MR) is 143 cm³/mol. The summed E-state index contributed by atoms with van der Waals surface area (Å²) < 4.78 is 12.8. The van der Waals surface area contributed by atoms with Gasteiger partial charge in [-0.3, -0.25) is 14.6 Å². The lowest BCUT2D eigenvalue weighted by Crippen LogP contribution is -2.32. The Bertz CT molecular complexity index is 1310. The minimum atomic E-state index is -0.248. The zero-order valence-corrected chi connectivity index (χ0v) is 21.5. The summed E-state index contributed by atoms with van der Waals surface area (Å²) in [6, 6.07) is 12.0. The van der Waals surface area contributed by atoms with Crippen molar-refractivity contribution >= 4 is 34.8 Å². The Labute approximate surface area is 216 Å². The van der Waals surface area contributed by atoms with Crippen LogP contribution in [0.1, 0.15) is 6.42 Å². The van der Waals surface area contributed by atoms with Gasteiger partial charge in [0.15, 0.2) is 0 Å². The number of benzene rings is 2. The van der Waals surface area contributed by atoms with Gasteiger partial charge in [0.05, 0.1) is 49.4 Å². The first kappa shape index (κ1) is 25.7. The highest BCUT2D eigenvalue weighted by Gasteiger charge is 2.22. The number of aliphatic hydroxyl groups is 1. The summed E-state index contributed by atoms with van der Waals surface area (Å²) in [6.07, 6.45) is 6.07. The fourth-order valence-electron chi connectivity index (χ4n) is 4.47. The number of likely N-dealkylation sites (tertiary alicyclic amines) is 1. The number of anilines is 2. The summed E-state index contributed by atoms with van der Waals surface area (Å²) in [6.45, 7) is 3.14. The number of methoxy groups -OCH3 is 2. The summed E-state index contributed by atoms with van der Waals surface area (Å²) in [5.41, 5.74) is 5.28. The second kappa shape index (κ2) is 11.1. The number of hydrogen-bond donors (Lipinski definition) is 1. The zero-order chi connectivity index (χ0) is 24.4. The van der Waals surface area contributed by atoms with Gasteiger partial charge in [-0.15, -0.1) is 12.4 Å². The van der Waals surface area contributed by atoms with Crippen molar-refractivity contribution in [1.82, 2.24) is 24.6 Å². The van der Waals surface area contributed by atoms with Crippen molar-refractivity contribution < 1.29 is 14.6 Å². The normalized spacial score (nSPS) is 15.6. The van der Waals surface area contributed by atoms with E-state index in [0.717, 1.165) is 71.2 Å². The zero-order valence-electron chi connectivity index (χ0n) is 20.7. The molecule has 36 heavy (non-hydrogen) atoms. The molecule has 1 unspecified atom stereocenters. The van der Waals surface area contributed by atoms with E-state index < -0.39 is 0 Å². The average Bonchev–Trinajstić information content (AvgIpc) is 3.51. The van der Waals surface area contributed by atoms with E-state index in [9.17, 15) is 5.11 Å². The molecule has 3 heterocycles. The molecule has 2 aromatic heterocycles. The molecule has 0 saturated carbocycles. The van der Waals surface area contributed by atoms with Gasteiger partial charge in [-0.1, -0.05) is 0 Å². The number of aryl methyl sites for hydroxylation is 1. The van der Waals surface area contributed by atoms with Crippen molar-refractivity contribution in [1.29, 1.82) is 0 Å². The van der Waals surface area contributed by atoms with Crippen LogP contribution >= 0.6 is 12.4 Å². The third-order valence-electron chi connectivity index (χ3n) is 6.37. The van der Waals surface area contributed by atoms with Gasteiger partial charge in [0, 0.05) is 74.6 Å². The Morgan fingerprint density at radius 2 is 1.81 bits per heavy atom. The standard InChI is InChI=1S/C26H30N6O3.ClH/c1-30-16-18(14-28-30)26-15-27-24-5-4-19(12-25(24)29-26)32(9-8-31-7-6-21(33)17-31)20-10-22(34-2)13-23(11-20)35-3;/h4-5,10-16,21,33H,6-9,17H2,1-3H3;1H. The van der Waals surface area contributed by atoms with E-state index in [2.05, 4.69) is 32.0 Å². The van der Waals surface area contributed by atoms with Crippen LogP contribution in [0.3, 0.4) is 0 Å². The van der Waals surface area contributed by atoms with E-state index in [0.29, 0.717) is 6.54 Å². The lowest BCUT2D eigenvalue weighted by Gasteiger charge is -2.28. The molecular weight excluding hydrogens is 480 g/mol. The highest BCUT2D eigenvalue weighted by molar-refractivity contribution is 5.85. The summed E-state index contributed by atoms with van der Waals surface area (Å²) >= 11 is 0. The van der Waals surface area contributed by atoms with Crippen molar-refractivity contribution in [3.8, 4) is 22.8 Å². The molecule has 0 amide bonds. The van der Waals surface area contributed by atoms with E-state index in [1.807, 2.05) is 37.5 Å². The van der Waals surface area contributed by atoms with Crippen molar-refractivity contribution in [3.63, 3.8) is 0 Å². The Morgan fingerprint density at radius 1 is 1.03 bits per heavy atom. The topological polar surface area (TPSA) is 88.8 Å². The van der Waals surface area contributed by atoms with E-state index in [1.54, 1.807) is 31.3 Å². The molecule has 10 heteroatoms. The molecule has 1 fully saturated rings. The van der Waals surface area contributed by atoms with Gasteiger partial charge in [0.2, 0.25) is 0 Å². The highest BCUT2D eigenvalue weighted by atomic mass is 35.5. The summed E-state index contributed by atoms with van der Waals surface area (Å²) in [7, 11) is 5.19. The third kappa shape index (κ3) is 5.53. The maximum atomic E-state index is 9.97. The molecule has 1 aliphatic rings. The SMILES string of the molecule is COc1cc(OC)cc(N(CCN2CCC(O)C2)c2ccc3ncc(-c4cnn(C)c4)nc3c2)c1.Cl. The number of aromatic nitrogens is 4. The second-order valence-electron chi connectivity index (χ2n) is 8.80. The lowest BCUT2D eigenvalue weighted by molar-refractivity contribution is 0.177. The first-order valence-electron chi connectivity index (χ1n) is 11.7. The molecule has 1 atom stereocenters. The lowest BCUT2D eigenvalue weighted by atomic mass is 10.2. The van der Waals surface area contributed by atoms with Crippen LogP contribution in [0.15, 0.2) is 55.0 Å². The van der Waals surface area contributed by atoms with Gasteiger partial charge in [-0.05, 0) is 24.6 Å². The molecule has 2 aromatic carbocycles. The van der Waals surface area contributed by atoms with E-state index in [4.69, 9.17) is 14.5 Å². The number of hydrogen-bond acceptors (Lipinski definition) is 8. The largest absolute Gasteiger partial charge is 0.497 e. The number of halogens is 1. The highest BCUT2D eigenvalue weighted by Crippen LogP contribution is 2.34. The summed E-state index contributed by atoms with van der Waals surface area (Å²) in [5, 5.41) is 14.2. The van der Waals surface area contributed by atoms with Gasteiger partial charge in [0.25, 0.3) is 0 Å². The van der Waals surface area contributed by atoms with Gasteiger partial charge in [0.1, 0.15) is 11.5 Å². The van der Waals surface area contributed by atoms with Crippen LogP contribution in [-0.4, -0.2) is 76.3 Å². The molecular formula is C26H31ClN6O3. The Hall–Kier alpha value is -3.40. The molecule has 5 rings (SSSR count). The molecule has 9 nitrogen and oxygen atoms in total. The number of ether oxygens (including phenoxy) is 2. The molecule has 4 aromatic rings. The third-order valence-corrected chi connectivity index (χ3v) is 6.37. The average molecular weight is 511 g/mol. The molecule has 1 saturated heterocycles. The molecule has 0 aliphatic carbocycles. The van der Waals surface area contributed by atoms with Crippen LogP contribution in [0.5, 0.6) is 11.5 Å². The maximum Gasteiger partial charge on any atom is 0.124 e. The Balaban J connectivity index is 0.00000304.